The number of benzene rings is 2. The molecule has 2 aromatic rings. The van der Waals surface area contributed by atoms with Crippen LogP contribution in [0.1, 0.15) is 46.8 Å². The summed E-state index contributed by atoms with van der Waals surface area (Å²) in [5, 5.41) is 11.9. The Labute approximate surface area is 160 Å². The Balaban J connectivity index is 1.65. The fourth-order valence-corrected chi connectivity index (χ4v) is 3.24. The number of carbonyl (C=O) groups excluding carboxylic acids is 2. The zero-order chi connectivity index (χ0) is 20.3. The van der Waals surface area contributed by atoms with E-state index in [4.69, 9.17) is 5.11 Å². The van der Waals surface area contributed by atoms with Crippen molar-refractivity contribution in [3.8, 4) is 0 Å². The minimum absolute atomic E-state index is 0.0224. The van der Waals surface area contributed by atoms with Crippen LogP contribution in [0.25, 0.3) is 0 Å². The van der Waals surface area contributed by atoms with Crippen LogP contribution in [-0.4, -0.2) is 22.8 Å². The van der Waals surface area contributed by atoms with Gasteiger partial charge in [-0.2, -0.15) is 0 Å². The van der Waals surface area contributed by atoms with Crippen molar-refractivity contribution in [2.75, 3.05) is 0 Å². The van der Waals surface area contributed by atoms with Crippen LogP contribution in [0, 0.1) is 17.6 Å². The quantitative estimate of drug-likeness (QED) is 0.680. The standard InChI is InChI=1S/C21H19F2NO4/c22-15-5-1-4-14(9-15)20(12-7-8-12)24-18(26)11-16(25)10-13-3-2-6-17(23)19(13)21(27)28/h1-6,9,12,20H,7-8,10-11H2,(H,24,26)(H,27,28). The monoisotopic (exact) mass is 387 g/mol. The molecule has 2 aromatic carbocycles. The van der Waals surface area contributed by atoms with Crippen LogP contribution in [0.15, 0.2) is 42.5 Å². The van der Waals surface area contributed by atoms with E-state index < -0.39 is 41.3 Å². The molecule has 0 aromatic heterocycles. The Morgan fingerprint density at radius 1 is 1.11 bits per heavy atom. The van der Waals surface area contributed by atoms with E-state index in [9.17, 15) is 23.2 Å². The highest BCUT2D eigenvalue weighted by molar-refractivity contribution is 6.00. The fourth-order valence-electron chi connectivity index (χ4n) is 3.24. The Bertz CT molecular complexity index is 924. The molecule has 1 saturated carbocycles. The Hall–Kier alpha value is -3.09. The van der Waals surface area contributed by atoms with E-state index in [1.54, 1.807) is 12.1 Å². The first kappa shape index (κ1) is 19.7. The number of hydrogen-bond donors (Lipinski definition) is 2. The molecule has 146 valence electrons. The van der Waals surface area contributed by atoms with Gasteiger partial charge in [-0.1, -0.05) is 24.3 Å². The van der Waals surface area contributed by atoms with E-state index in [0.29, 0.717) is 5.56 Å². The molecule has 3 rings (SSSR count). The van der Waals surface area contributed by atoms with E-state index in [0.717, 1.165) is 18.9 Å². The summed E-state index contributed by atoms with van der Waals surface area (Å²) in [4.78, 5) is 35.7. The number of aromatic carboxylic acids is 1. The number of Topliss-reactive ketones (excluding diaryl/α,β-unsaturated/α-hetero) is 1. The predicted octanol–water partition coefficient (Wildman–Crippen LogP) is 3.43. The van der Waals surface area contributed by atoms with Gasteiger partial charge in [-0.25, -0.2) is 13.6 Å². The van der Waals surface area contributed by atoms with Gasteiger partial charge >= 0.3 is 5.97 Å². The molecule has 7 heteroatoms. The molecule has 0 aliphatic heterocycles. The number of carbonyl (C=O) groups is 3. The summed E-state index contributed by atoms with van der Waals surface area (Å²) in [5.74, 6) is -3.66. The van der Waals surface area contributed by atoms with Crippen LogP contribution >= 0.6 is 0 Å². The molecule has 1 aliphatic rings. The Kier molecular flexibility index (Phi) is 5.82. The lowest BCUT2D eigenvalue weighted by Gasteiger charge is -2.19. The Morgan fingerprint density at radius 2 is 1.82 bits per heavy atom. The lowest BCUT2D eigenvalue weighted by atomic mass is 9.99. The zero-order valence-electron chi connectivity index (χ0n) is 15.0. The topological polar surface area (TPSA) is 83.5 Å². The van der Waals surface area contributed by atoms with Gasteiger partial charge < -0.3 is 10.4 Å². The van der Waals surface area contributed by atoms with Crippen LogP contribution in [0.4, 0.5) is 8.78 Å². The van der Waals surface area contributed by atoms with Gasteiger partial charge in [-0.3, -0.25) is 9.59 Å². The molecule has 0 bridgehead atoms. The van der Waals surface area contributed by atoms with E-state index in [1.807, 2.05) is 0 Å². The van der Waals surface area contributed by atoms with Crippen molar-refractivity contribution in [2.24, 2.45) is 5.92 Å². The molecule has 1 unspecified atom stereocenters. The number of hydrogen-bond acceptors (Lipinski definition) is 3. The molecule has 28 heavy (non-hydrogen) atoms. The van der Waals surface area contributed by atoms with Crippen molar-refractivity contribution in [3.05, 3.63) is 70.8 Å². The number of rotatable bonds is 8. The van der Waals surface area contributed by atoms with Crippen LogP contribution in [0.5, 0.6) is 0 Å². The summed E-state index contributed by atoms with van der Waals surface area (Å²) in [7, 11) is 0. The normalized spacial score (nSPS) is 14.4. The summed E-state index contributed by atoms with van der Waals surface area (Å²) in [6.07, 6.45) is 0.982. The molecular formula is C21H19F2NO4. The number of ketones is 1. The molecule has 1 atom stereocenters. The maximum absolute atomic E-state index is 13.7. The first-order valence-electron chi connectivity index (χ1n) is 8.92. The third-order valence-corrected chi connectivity index (χ3v) is 4.68. The van der Waals surface area contributed by atoms with Gasteiger partial charge in [-0.15, -0.1) is 0 Å². The molecule has 1 aliphatic carbocycles. The van der Waals surface area contributed by atoms with Crippen molar-refractivity contribution < 1.29 is 28.3 Å². The number of halogens is 2. The van der Waals surface area contributed by atoms with E-state index in [-0.39, 0.29) is 23.9 Å². The van der Waals surface area contributed by atoms with Crippen LogP contribution in [0.2, 0.25) is 0 Å². The first-order chi connectivity index (χ1) is 13.3. The van der Waals surface area contributed by atoms with Crippen molar-refractivity contribution in [1.29, 1.82) is 0 Å². The maximum Gasteiger partial charge on any atom is 0.338 e. The van der Waals surface area contributed by atoms with Gasteiger partial charge in [0.2, 0.25) is 5.91 Å². The number of carboxylic acid groups (broad SMARTS) is 1. The highest BCUT2D eigenvalue weighted by Gasteiger charge is 2.33. The summed E-state index contributed by atoms with van der Waals surface area (Å²) < 4.78 is 27.2. The molecule has 1 fully saturated rings. The minimum atomic E-state index is -1.47. The van der Waals surface area contributed by atoms with E-state index in [1.165, 1.54) is 24.3 Å². The second kappa shape index (κ2) is 8.29. The van der Waals surface area contributed by atoms with Gasteiger partial charge in [0.25, 0.3) is 0 Å². The molecule has 0 spiro atoms. The fraction of sp³-hybridized carbons (Fsp3) is 0.286. The average Bonchev–Trinajstić information content (AvgIpc) is 3.44. The average molecular weight is 387 g/mol. The third kappa shape index (κ3) is 4.79. The summed E-state index contributed by atoms with van der Waals surface area (Å²) >= 11 is 0. The molecule has 2 N–H and O–H groups in total. The number of amides is 1. The van der Waals surface area contributed by atoms with Crippen molar-refractivity contribution in [1.82, 2.24) is 5.32 Å². The van der Waals surface area contributed by atoms with E-state index >= 15 is 0 Å². The maximum atomic E-state index is 13.7. The zero-order valence-corrected chi connectivity index (χ0v) is 15.0. The molecule has 0 saturated heterocycles. The van der Waals surface area contributed by atoms with Crippen molar-refractivity contribution in [2.45, 2.75) is 31.7 Å². The van der Waals surface area contributed by atoms with Gasteiger partial charge in [-0.05, 0) is 48.1 Å². The molecule has 1 amide bonds. The molecule has 0 radical (unpaired) electrons. The number of nitrogens with one attached hydrogen (secondary N) is 1. The summed E-state index contributed by atoms with van der Waals surface area (Å²) in [6.45, 7) is 0. The second-order valence-electron chi connectivity index (χ2n) is 6.91. The largest absolute Gasteiger partial charge is 0.478 e. The Morgan fingerprint density at radius 3 is 2.46 bits per heavy atom. The summed E-state index contributed by atoms with van der Waals surface area (Å²) in [6, 6.07) is 9.26. The van der Waals surface area contributed by atoms with Gasteiger partial charge in [0, 0.05) is 6.42 Å². The highest BCUT2D eigenvalue weighted by Crippen LogP contribution is 2.41. The van der Waals surface area contributed by atoms with Crippen LogP contribution in [-0.2, 0) is 16.0 Å². The minimum Gasteiger partial charge on any atom is -0.478 e. The second-order valence-corrected chi connectivity index (χ2v) is 6.91. The number of carboxylic acids is 1. The molecule has 5 nitrogen and oxygen atoms in total. The predicted molar refractivity (Wildman–Crippen MR) is 96.7 cm³/mol. The van der Waals surface area contributed by atoms with Gasteiger partial charge in [0.15, 0.2) is 0 Å². The lowest BCUT2D eigenvalue weighted by Crippen LogP contribution is -2.31. The first-order valence-corrected chi connectivity index (χ1v) is 8.92. The third-order valence-electron chi connectivity index (χ3n) is 4.68. The highest BCUT2D eigenvalue weighted by atomic mass is 19.1. The van der Waals surface area contributed by atoms with Gasteiger partial charge in [0.1, 0.15) is 17.4 Å². The lowest BCUT2D eigenvalue weighted by molar-refractivity contribution is -0.128. The van der Waals surface area contributed by atoms with Crippen molar-refractivity contribution in [3.63, 3.8) is 0 Å². The van der Waals surface area contributed by atoms with Gasteiger partial charge in [0.05, 0.1) is 18.0 Å². The molecular weight excluding hydrogens is 368 g/mol. The van der Waals surface area contributed by atoms with E-state index in [2.05, 4.69) is 5.32 Å². The SMILES string of the molecule is O=C(CC(=O)NC(c1cccc(F)c1)C1CC1)Cc1cccc(F)c1C(=O)O. The van der Waals surface area contributed by atoms with Crippen LogP contribution < -0.4 is 5.32 Å². The van der Waals surface area contributed by atoms with Crippen LogP contribution in [0.3, 0.4) is 0 Å². The smallest absolute Gasteiger partial charge is 0.338 e. The molecule has 0 heterocycles. The summed E-state index contributed by atoms with van der Waals surface area (Å²) in [5.41, 5.74) is 0.0997. The van der Waals surface area contributed by atoms with Crippen molar-refractivity contribution >= 4 is 17.7 Å².